The van der Waals surface area contributed by atoms with Gasteiger partial charge in [-0.25, -0.2) is 19.2 Å². The van der Waals surface area contributed by atoms with E-state index in [0.717, 1.165) is 5.70 Å². The number of likely N-dealkylation sites (tertiary alicyclic amines) is 1. The first-order chi connectivity index (χ1) is 16.1. The van der Waals surface area contributed by atoms with Crippen molar-refractivity contribution in [1.29, 1.82) is 0 Å². The molecular formula is C24H30ClF2N5O2. The van der Waals surface area contributed by atoms with Gasteiger partial charge in [0.05, 0.1) is 16.6 Å². The maximum absolute atomic E-state index is 13.8. The number of anilines is 1. The maximum atomic E-state index is 13.8. The van der Waals surface area contributed by atoms with E-state index in [-0.39, 0.29) is 34.8 Å². The summed E-state index contributed by atoms with van der Waals surface area (Å²) in [4.78, 5) is 17.2. The van der Waals surface area contributed by atoms with E-state index in [4.69, 9.17) is 16.7 Å². The standard InChI is InChI=1S/C14H17ClFNO2.C10H13FN4/c1-9-7-10(14(18)19)5-6-17(9)8-11-3-2-4-12(15)13(11)16;1-6-5-10(15-14-6)13-9-4-3-8(11)7(2)12-9/h2-4,9-10H,5-8H2,1H3,(H,18,19);3-5,10,14-15H,1-2H3,(H,12,13). The number of nitrogens with zero attached hydrogens (tertiary/aromatic N) is 2. The van der Waals surface area contributed by atoms with Gasteiger partial charge in [0.1, 0.15) is 23.6 Å². The number of hydrogen-bond donors (Lipinski definition) is 4. The van der Waals surface area contributed by atoms with Gasteiger partial charge in [-0.2, -0.15) is 0 Å². The molecule has 10 heteroatoms. The second-order valence-corrected chi connectivity index (χ2v) is 9.00. The van der Waals surface area contributed by atoms with Crippen LogP contribution in [-0.4, -0.2) is 39.7 Å². The summed E-state index contributed by atoms with van der Waals surface area (Å²) < 4.78 is 26.8. The average Bonchev–Trinajstić information content (AvgIpc) is 3.20. The molecule has 0 saturated carbocycles. The molecule has 0 spiro atoms. The number of hydrogen-bond acceptors (Lipinski definition) is 6. The molecule has 0 bridgehead atoms. The van der Waals surface area contributed by atoms with Gasteiger partial charge in [0, 0.05) is 23.8 Å². The normalized spacial score (nSPS) is 22.3. The number of carboxylic acid groups (broad SMARTS) is 1. The van der Waals surface area contributed by atoms with Crippen LogP contribution in [-0.2, 0) is 11.3 Å². The molecule has 34 heavy (non-hydrogen) atoms. The Hall–Kier alpha value is -2.75. The van der Waals surface area contributed by atoms with Crippen LogP contribution in [0.25, 0.3) is 0 Å². The Bertz CT molecular complexity index is 1050. The van der Waals surface area contributed by atoms with E-state index >= 15 is 0 Å². The summed E-state index contributed by atoms with van der Waals surface area (Å²) in [7, 11) is 0. The van der Waals surface area contributed by atoms with Crippen LogP contribution in [0.5, 0.6) is 0 Å². The van der Waals surface area contributed by atoms with E-state index in [0.29, 0.717) is 43.0 Å². The molecule has 3 unspecified atom stereocenters. The van der Waals surface area contributed by atoms with E-state index in [1.54, 1.807) is 25.1 Å². The molecule has 4 rings (SSSR count). The number of carbonyl (C=O) groups is 1. The summed E-state index contributed by atoms with van der Waals surface area (Å²) in [5.41, 5.74) is 7.97. The lowest BCUT2D eigenvalue weighted by molar-refractivity contribution is -0.144. The monoisotopic (exact) mass is 493 g/mol. The maximum Gasteiger partial charge on any atom is 0.306 e. The fraction of sp³-hybridized carbons (Fsp3) is 0.417. The first-order valence-corrected chi connectivity index (χ1v) is 11.5. The number of benzene rings is 1. The molecule has 3 atom stereocenters. The predicted molar refractivity (Wildman–Crippen MR) is 128 cm³/mol. The molecule has 1 fully saturated rings. The van der Waals surface area contributed by atoms with Crippen molar-refractivity contribution in [2.24, 2.45) is 5.92 Å². The second-order valence-electron chi connectivity index (χ2n) is 8.60. The highest BCUT2D eigenvalue weighted by Crippen LogP contribution is 2.26. The summed E-state index contributed by atoms with van der Waals surface area (Å²) in [6, 6.07) is 8.13. The van der Waals surface area contributed by atoms with Crippen LogP contribution in [0.3, 0.4) is 0 Å². The lowest BCUT2D eigenvalue weighted by atomic mass is 9.91. The smallest absolute Gasteiger partial charge is 0.306 e. The highest BCUT2D eigenvalue weighted by atomic mass is 35.5. The number of aliphatic carboxylic acids is 1. The molecule has 7 nitrogen and oxygen atoms in total. The van der Waals surface area contributed by atoms with Crippen molar-refractivity contribution in [2.75, 3.05) is 11.9 Å². The number of nitrogens with one attached hydrogen (secondary N) is 3. The van der Waals surface area contributed by atoms with Gasteiger partial charge in [0.2, 0.25) is 0 Å². The number of carboxylic acids is 1. The number of pyridine rings is 1. The third-order valence-corrected chi connectivity index (χ3v) is 6.23. The third-order valence-electron chi connectivity index (χ3n) is 5.93. The van der Waals surface area contributed by atoms with Gasteiger partial charge < -0.3 is 15.8 Å². The Labute approximate surface area is 203 Å². The molecule has 0 radical (unpaired) electrons. The number of hydrazine groups is 1. The molecule has 184 valence electrons. The van der Waals surface area contributed by atoms with Crippen molar-refractivity contribution in [2.45, 2.75) is 52.4 Å². The third kappa shape index (κ3) is 6.88. The zero-order chi connectivity index (χ0) is 24.8. The zero-order valence-corrected chi connectivity index (χ0v) is 20.2. The van der Waals surface area contributed by atoms with Crippen LogP contribution in [0.1, 0.15) is 37.9 Å². The van der Waals surface area contributed by atoms with Crippen LogP contribution in [0.15, 0.2) is 42.1 Å². The van der Waals surface area contributed by atoms with E-state index in [1.165, 1.54) is 12.1 Å². The average molecular weight is 494 g/mol. The molecule has 2 aliphatic rings. The molecule has 1 aromatic heterocycles. The SMILES string of the molecule is CC1=CC(Nc2ccc(F)c(C)n2)NN1.CC1CC(C(=O)O)CCN1Cc1cccc(Cl)c1F. The number of rotatable bonds is 5. The summed E-state index contributed by atoms with van der Waals surface area (Å²) in [6.45, 7) is 6.72. The highest BCUT2D eigenvalue weighted by Gasteiger charge is 2.30. The Morgan fingerprint density at radius 3 is 2.68 bits per heavy atom. The van der Waals surface area contributed by atoms with E-state index < -0.39 is 5.97 Å². The van der Waals surface area contributed by atoms with Crippen LogP contribution < -0.4 is 16.2 Å². The summed E-state index contributed by atoms with van der Waals surface area (Å²) in [6.07, 6.45) is 3.20. The van der Waals surface area contributed by atoms with Crippen molar-refractivity contribution in [3.05, 3.63) is 70.0 Å². The van der Waals surface area contributed by atoms with Crippen molar-refractivity contribution in [3.8, 4) is 0 Å². The fourth-order valence-corrected chi connectivity index (χ4v) is 4.15. The summed E-state index contributed by atoms with van der Waals surface area (Å²) in [5.74, 6) is -1.03. The van der Waals surface area contributed by atoms with Gasteiger partial charge in [-0.1, -0.05) is 23.7 Å². The molecule has 1 saturated heterocycles. The number of piperidine rings is 1. The fourth-order valence-electron chi connectivity index (χ4n) is 3.96. The largest absolute Gasteiger partial charge is 0.481 e. The zero-order valence-electron chi connectivity index (χ0n) is 19.4. The first-order valence-electron chi connectivity index (χ1n) is 11.1. The molecule has 0 aliphatic carbocycles. The van der Waals surface area contributed by atoms with Crippen LogP contribution >= 0.6 is 11.6 Å². The van der Waals surface area contributed by atoms with Gasteiger partial charge in [-0.15, -0.1) is 0 Å². The number of aromatic nitrogens is 1. The van der Waals surface area contributed by atoms with Crippen LogP contribution in [0.2, 0.25) is 5.02 Å². The Kier molecular flexibility index (Phi) is 8.82. The topological polar surface area (TPSA) is 89.5 Å². The minimum absolute atomic E-state index is 0.0117. The number of aryl methyl sites for hydroxylation is 1. The Morgan fingerprint density at radius 1 is 1.29 bits per heavy atom. The first kappa shape index (κ1) is 25.9. The van der Waals surface area contributed by atoms with Gasteiger partial charge in [-0.3, -0.25) is 9.69 Å². The van der Waals surface area contributed by atoms with Crippen LogP contribution in [0.4, 0.5) is 14.6 Å². The second kappa shape index (κ2) is 11.6. The van der Waals surface area contributed by atoms with Gasteiger partial charge in [0.25, 0.3) is 0 Å². The van der Waals surface area contributed by atoms with Gasteiger partial charge in [-0.05, 0) is 64.4 Å². The van der Waals surface area contributed by atoms with Crippen LogP contribution in [0, 0.1) is 24.5 Å². The van der Waals surface area contributed by atoms with Gasteiger partial charge >= 0.3 is 5.97 Å². The van der Waals surface area contributed by atoms with E-state index in [9.17, 15) is 13.6 Å². The van der Waals surface area contributed by atoms with Crippen molar-refractivity contribution in [3.63, 3.8) is 0 Å². The Balaban J connectivity index is 0.000000196. The van der Waals surface area contributed by atoms with E-state index in [1.807, 2.05) is 19.9 Å². The number of halogens is 3. The molecule has 1 aromatic carbocycles. The molecule has 0 amide bonds. The van der Waals surface area contributed by atoms with Crippen molar-refractivity contribution >= 4 is 23.4 Å². The predicted octanol–water partition coefficient (Wildman–Crippen LogP) is 4.44. The minimum Gasteiger partial charge on any atom is -0.481 e. The highest BCUT2D eigenvalue weighted by molar-refractivity contribution is 6.30. The summed E-state index contributed by atoms with van der Waals surface area (Å²) >= 11 is 5.76. The minimum atomic E-state index is -0.736. The quantitative estimate of drug-likeness (QED) is 0.489. The molecular weight excluding hydrogens is 464 g/mol. The molecule has 4 N–H and O–H groups in total. The van der Waals surface area contributed by atoms with Crippen molar-refractivity contribution in [1.82, 2.24) is 20.7 Å². The summed E-state index contributed by atoms with van der Waals surface area (Å²) in [5, 5.41) is 12.3. The van der Waals surface area contributed by atoms with Gasteiger partial charge in [0.15, 0.2) is 0 Å². The molecule has 3 heterocycles. The lowest BCUT2D eigenvalue weighted by Gasteiger charge is -2.36. The number of allylic oxidation sites excluding steroid dienone is 1. The molecule has 2 aromatic rings. The lowest BCUT2D eigenvalue weighted by Crippen LogP contribution is -2.42. The Morgan fingerprint density at radius 2 is 2.06 bits per heavy atom. The van der Waals surface area contributed by atoms with E-state index in [2.05, 4.69) is 26.1 Å². The molecule has 2 aliphatic heterocycles. The van der Waals surface area contributed by atoms with Crippen molar-refractivity contribution < 1.29 is 18.7 Å².